The highest BCUT2D eigenvalue weighted by Crippen LogP contribution is 2.41. The van der Waals surface area contributed by atoms with Crippen molar-refractivity contribution in [3.8, 4) is 0 Å². The maximum absolute atomic E-state index is 13.0. The molecule has 1 aliphatic heterocycles. The molecule has 0 amide bonds. The molecule has 1 aliphatic carbocycles. The van der Waals surface area contributed by atoms with E-state index in [9.17, 15) is 9.90 Å². The van der Waals surface area contributed by atoms with Crippen LogP contribution in [-0.4, -0.2) is 71.9 Å². The predicted molar refractivity (Wildman–Crippen MR) is 135 cm³/mol. The van der Waals surface area contributed by atoms with E-state index in [-0.39, 0.29) is 12.6 Å². The fourth-order valence-electron chi connectivity index (χ4n) is 4.80. The molecule has 9 heteroatoms. The zero-order valence-corrected chi connectivity index (χ0v) is 20.4. The lowest BCUT2D eigenvalue weighted by Gasteiger charge is -2.35. The van der Waals surface area contributed by atoms with Gasteiger partial charge in [-0.3, -0.25) is 4.90 Å². The molecule has 2 N–H and O–H groups in total. The van der Waals surface area contributed by atoms with Gasteiger partial charge in [-0.25, -0.2) is 14.8 Å². The summed E-state index contributed by atoms with van der Waals surface area (Å²) in [5.41, 5.74) is 3.45. The number of β-amino-alcohol motifs (C(OH)–C–C–N with tert-alkyl or cyclic N) is 1. The summed E-state index contributed by atoms with van der Waals surface area (Å²) in [6.07, 6.45) is 4.14. The van der Waals surface area contributed by atoms with Gasteiger partial charge in [-0.2, -0.15) is 0 Å². The SMILES string of the molecule is CCOC(=O)c1c(Nc2nc3ccccc3nc2N2CCN(CCO)CC2)sc2c1CCCC2. The number of para-hydroxylation sites is 2. The van der Waals surface area contributed by atoms with E-state index in [1.807, 2.05) is 31.2 Å². The Bertz CT molecular complexity index is 1170. The number of hydrogen-bond acceptors (Lipinski definition) is 9. The van der Waals surface area contributed by atoms with Crippen LogP contribution in [0.25, 0.3) is 11.0 Å². The van der Waals surface area contributed by atoms with Gasteiger partial charge >= 0.3 is 5.97 Å². The Morgan fingerprint density at radius 1 is 1.12 bits per heavy atom. The highest BCUT2D eigenvalue weighted by molar-refractivity contribution is 7.16. The van der Waals surface area contributed by atoms with E-state index in [1.165, 1.54) is 4.88 Å². The number of benzene rings is 1. The molecular weight excluding hydrogens is 450 g/mol. The van der Waals surface area contributed by atoms with Crippen LogP contribution in [0, 0.1) is 0 Å². The van der Waals surface area contributed by atoms with Crippen LogP contribution >= 0.6 is 11.3 Å². The number of piperazine rings is 1. The summed E-state index contributed by atoms with van der Waals surface area (Å²) in [7, 11) is 0. The largest absolute Gasteiger partial charge is 0.462 e. The summed E-state index contributed by atoms with van der Waals surface area (Å²) in [5.74, 6) is 1.19. The summed E-state index contributed by atoms with van der Waals surface area (Å²) in [5, 5.41) is 13.6. The lowest BCUT2D eigenvalue weighted by Crippen LogP contribution is -2.47. The molecule has 0 bridgehead atoms. The third kappa shape index (κ3) is 4.60. The van der Waals surface area contributed by atoms with Crippen molar-refractivity contribution in [2.45, 2.75) is 32.6 Å². The number of thiophene rings is 1. The monoisotopic (exact) mass is 481 g/mol. The zero-order chi connectivity index (χ0) is 23.5. The molecule has 8 nitrogen and oxygen atoms in total. The van der Waals surface area contributed by atoms with Crippen LogP contribution in [0.5, 0.6) is 0 Å². The van der Waals surface area contributed by atoms with E-state index in [1.54, 1.807) is 11.3 Å². The van der Waals surface area contributed by atoms with Crippen molar-refractivity contribution in [1.29, 1.82) is 0 Å². The van der Waals surface area contributed by atoms with Gasteiger partial charge in [0.15, 0.2) is 11.6 Å². The second-order valence-corrected chi connectivity index (χ2v) is 9.80. The van der Waals surface area contributed by atoms with Crippen molar-refractivity contribution < 1.29 is 14.6 Å². The first-order valence-corrected chi connectivity index (χ1v) is 12.9. The quantitative estimate of drug-likeness (QED) is 0.495. The molecule has 0 saturated carbocycles. The molecule has 0 spiro atoms. The molecule has 2 aromatic heterocycles. The minimum Gasteiger partial charge on any atom is -0.462 e. The van der Waals surface area contributed by atoms with E-state index in [0.717, 1.165) is 79.3 Å². The number of rotatable bonds is 7. The molecule has 0 radical (unpaired) electrons. The van der Waals surface area contributed by atoms with Crippen LogP contribution in [0.4, 0.5) is 16.6 Å². The number of aryl methyl sites for hydroxylation is 1. The van der Waals surface area contributed by atoms with Crippen molar-refractivity contribution in [2.75, 3.05) is 56.2 Å². The number of aliphatic hydroxyl groups is 1. The first kappa shape index (κ1) is 23.0. The number of aliphatic hydroxyl groups excluding tert-OH is 1. The van der Waals surface area contributed by atoms with E-state index >= 15 is 0 Å². The number of aromatic nitrogens is 2. The average molecular weight is 482 g/mol. The Morgan fingerprint density at radius 3 is 2.59 bits per heavy atom. The lowest BCUT2D eigenvalue weighted by atomic mass is 9.95. The van der Waals surface area contributed by atoms with Crippen LogP contribution in [0.2, 0.25) is 0 Å². The Balaban J connectivity index is 1.53. The normalized spacial score (nSPS) is 16.5. The van der Waals surface area contributed by atoms with Gasteiger partial charge in [0.2, 0.25) is 0 Å². The molecule has 1 aromatic carbocycles. The number of esters is 1. The topological polar surface area (TPSA) is 90.8 Å². The molecule has 5 rings (SSSR count). The number of nitrogens with zero attached hydrogens (tertiary/aromatic N) is 4. The summed E-state index contributed by atoms with van der Waals surface area (Å²) < 4.78 is 5.44. The summed E-state index contributed by atoms with van der Waals surface area (Å²) in [6, 6.07) is 7.87. The summed E-state index contributed by atoms with van der Waals surface area (Å²) >= 11 is 1.64. The van der Waals surface area contributed by atoms with Crippen molar-refractivity contribution in [3.05, 3.63) is 40.3 Å². The molecule has 180 valence electrons. The number of anilines is 3. The average Bonchev–Trinajstić information content (AvgIpc) is 3.22. The third-order valence-corrected chi connectivity index (χ3v) is 7.73. The molecule has 2 aliphatic rings. The second kappa shape index (κ2) is 10.2. The van der Waals surface area contributed by atoms with Gasteiger partial charge in [0.05, 0.1) is 29.8 Å². The molecule has 34 heavy (non-hydrogen) atoms. The second-order valence-electron chi connectivity index (χ2n) is 8.70. The molecule has 3 aromatic rings. The van der Waals surface area contributed by atoms with Crippen LogP contribution in [0.1, 0.15) is 40.6 Å². The van der Waals surface area contributed by atoms with Crippen LogP contribution in [-0.2, 0) is 17.6 Å². The van der Waals surface area contributed by atoms with E-state index in [0.29, 0.717) is 24.5 Å². The lowest BCUT2D eigenvalue weighted by molar-refractivity contribution is 0.0526. The van der Waals surface area contributed by atoms with Crippen LogP contribution in [0.3, 0.4) is 0 Å². The Kier molecular flexibility index (Phi) is 6.94. The van der Waals surface area contributed by atoms with Gasteiger partial charge in [-0.05, 0) is 50.3 Å². The maximum atomic E-state index is 13.0. The highest BCUT2D eigenvalue weighted by atomic mass is 32.1. The Hall–Kier alpha value is -2.75. The number of carbonyl (C=O) groups excluding carboxylic acids is 1. The van der Waals surface area contributed by atoms with Gasteiger partial charge in [-0.15, -0.1) is 11.3 Å². The molecule has 0 atom stereocenters. The summed E-state index contributed by atoms with van der Waals surface area (Å²) in [6.45, 7) is 6.36. The van der Waals surface area contributed by atoms with Gasteiger partial charge in [0, 0.05) is 37.6 Å². The predicted octanol–water partition coefficient (Wildman–Crippen LogP) is 3.60. The number of ether oxygens (including phenoxy) is 1. The minimum absolute atomic E-state index is 0.169. The van der Waals surface area contributed by atoms with Crippen molar-refractivity contribution in [2.24, 2.45) is 0 Å². The summed E-state index contributed by atoms with van der Waals surface area (Å²) in [4.78, 5) is 28.6. The maximum Gasteiger partial charge on any atom is 0.341 e. The van der Waals surface area contributed by atoms with Crippen LogP contribution < -0.4 is 10.2 Å². The zero-order valence-electron chi connectivity index (χ0n) is 19.5. The van der Waals surface area contributed by atoms with Crippen molar-refractivity contribution in [3.63, 3.8) is 0 Å². The molecule has 3 heterocycles. The van der Waals surface area contributed by atoms with E-state index < -0.39 is 0 Å². The fraction of sp³-hybridized carbons (Fsp3) is 0.480. The van der Waals surface area contributed by atoms with Crippen molar-refractivity contribution in [1.82, 2.24) is 14.9 Å². The fourth-order valence-corrected chi connectivity index (χ4v) is 6.08. The number of hydrogen-bond donors (Lipinski definition) is 2. The minimum atomic E-state index is -0.266. The number of nitrogens with one attached hydrogen (secondary N) is 1. The first-order valence-electron chi connectivity index (χ1n) is 12.1. The van der Waals surface area contributed by atoms with Gasteiger partial charge in [0.25, 0.3) is 0 Å². The Labute approximate surface area is 203 Å². The van der Waals surface area contributed by atoms with Gasteiger partial charge in [-0.1, -0.05) is 12.1 Å². The number of carbonyl (C=O) groups is 1. The van der Waals surface area contributed by atoms with Crippen LogP contribution in [0.15, 0.2) is 24.3 Å². The standard InChI is InChI=1S/C25H31N5O3S/c1-2-33-25(32)21-17-7-3-6-10-20(17)34-24(21)28-22-23(27-19-9-5-4-8-18(19)26-22)30-13-11-29(12-14-30)15-16-31/h4-5,8-9,31H,2-3,6-7,10-16H2,1H3,(H,26,28). The van der Waals surface area contributed by atoms with E-state index in [2.05, 4.69) is 15.1 Å². The molecule has 1 fully saturated rings. The van der Waals surface area contributed by atoms with E-state index in [4.69, 9.17) is 14.7 Å². The van der Waals surface area contributed by atoms with Gasteiger partial charge < -0.3 is 20.1 Å². The molecular formula is C25H31N5O3S. The number of fused-ring (bicyclic) bond motifs is 2. The van der Waals surface area contributed by atoms with Gasteiger partial charge in [0.1, 0.15) is 5.00 Å². The molecule has 0 unspecified atom stereocenters. The van der Waals surface area contributed by atoms with Crippen molar-refractivity contribution >= 4 is 45.0 Å². The smallest absolute Gasteiger partial charge is 0.341 e. The highest BCUT2D eigenvalue weighted by Gasteiger charge is 2.28. The first-order chi connectivity index (χ1) is 16.7. The third-order valence-electron chi connectivity index (χ3n) is 6.52. The molecule has 1 saturated heterocycles. The Morgan fingerprint density at radius 2 is 1.85 bits per heavy atom.